The fraction of sp³-hybridized carbons (Fsp3) is 0.241. The molecule has 0 saturated heterocycles. The number of carboxylic acids is 1. The third-order valence-corrected chi connectivity index (χ3v) is 7.08. The van der Waals surface area contributed by atoms with Gasteiger partial charge in [-0.15, -0.1) is 11.3 Å². The van der Waals surface area contributed by atoms with Crippen molar-refractivity contribution in [2.24, 2.45) is 0 Å². The Morgan fingerprint density at radius 2 is 1.82 bits per heavy atom. The number of hydrogen-bond donors (Lipinski definition) is 2. The number of benzene rings is 3. The van der Waals surface area contributed by atoms with Crippen molar-refractivity contribution < 1.29 is 32.6 Å². The topological polar surface area (TPSA) is 75.6 Å². The highest BCUT2D eigenvalue weighted by Crippen LogP contribution is 2.36. The molecule has 0 aliphatic carbocycles. The first-order valence-electron chi connectivity index (χ1n) is 12.0. The first kappa shape index (κ1) is 27.2. The molecule has 4 rings (SSSR count). The normalized spacial score (nSPS) is 12.3. The van der Waals surface area contributed by atoms with Gasteiger partial charge in [0.15, 0.2) is 5.06 Å². The number of carbonyl (C=O) groups excluding carboxylic acids is 1. The molecule has 0 spiro atoms. The minimum atomic E-state index is -4.44. The summed E-state index contributed by atoms with van der Waals surface area (Å²) in [5.41, 5.74) is 2.06. The number of alkyl halides is 3. The fourth-order valence-electron chi connectivity index (χ4n) is 4.18. The van der Waals surface area contributed by atoms with Gasteiger partial charge in [0.2, 0.25) is 5.91 Å². The molecule has 0 saturated carbocycles. The summed E-state index contributed by atoms with van der Waals surface area (Å²) in [6, 6.07) is 19.9. The van der Waals surface area contributed by atoms with E-state index < -0.39 is 23.6 Å². The minimum Gasteiger partial charge on any atom is -0.481 e. The molecule has 38 heavy (non-hydrogen) atoms. The lowest BCUT2D eigenvalue weighted by Gasteiger charge is -2.18. The summed E-state index contributed by atoms with van der Waals surface area (Å²) in [7, 11) is 0. The van der Waals surface area contributed by atoms with Crippen LogP contribution in [0.2, 0.25) is 0 Å². The van der Waals surface area contributed by atoms with Crippen LogP contribution in [0.4, 0.5) is 18.9 Å². The number of aliphatic carboxylic acids is 1. The minimum absolute atomic E-state index is 0.00889. The second-order valence-electron chi connectivity index (χ2n) is 8.96. The predicted molar refractivity (Wildman–Crippen MR) is 142 cm³/mol. The summed E-state index contributed by atoms with van der Waals surface area (Å²) in [5, 5.41) is 15.1. The van der Waals surface area contributed by atoms with Gasteiger partial charge in [0.1, 0.15) is 6.61 Å². The lowest BCUT2D eigenvalue weighted by Crippen LogP contribution is -2.20. The van der Waals surface area contributed by atoms with Crippen LogP contribution in [0.15, 0.2) is 72.1 Å². The maximum Gasteiger partial charge on any atom is 0.417 e. The molecule has 1 unspecified atom stereocenters. The molecule has 1 aromatic heterocycles. The molecule has 0 fully saturated rings. The van der Waals surface area contributed by atoms with Crippen LogP contribution in [0.25, 0.3) is 10.8 Å². The van der Waals surface area contributed by atoms with Crippen LogP contribution in [0.1, 0.15) is 47.9 Å². The summed E-state index contributed by atoms with van der Waals surface area (Å²) in [6.45, 7) is 1.83. The third kappa shape index (κ3) is 6.72. The Labute approximate surface area is 221 Å². The zero-order chi connectivity index (χ0) is 27.3. The van der Waals surface area contributed by atoms with Crippen molar-refractivity contribution in [3.63, 3.8) is 0 Å². The smallest absolute Gasteiger partial charge is 0.417 e. The molecule has 3 aromatic carbocycles. The highest BCUT2D eigenvalue weighted by molar-refractivity contribution is 7.12. The number of aryl methyl sites for hydroxylation is 1. The number of hydrogen-bond acceptors (Lipinski definition) is 4. The molecule has 0 aliphatic heterocycles. The third-order valence-electron chi connectivity index (χ3n) is 6.24. The summed E-state index contributed by atoms with van der Waals surface area (Å²) in [4.78, 5) is 24.3. The van der Waals surface area contributed by atoms with E-state index in [1.165, 1.54) is 0 Å². The quantitative estimate of drug-likeness (QED) is 0.216. The number of nitrogens with one attached hydrogen (secondary N) is 1. The van der Waals surface area contributed by atoms with Crippen molar-refractivity contribution in [3.8, 4) is 5.06 Å². The predicted octanol–water partition coefficient (Wildman–Crippen LogP) is 7.65. The second-order valence-corrected chi connectivity index (χ2v) is 9.83. The van der Waals surface area contributed by atoms with E-state index in [9.17, 15) is 22.8 Å². The second kappa shape index (κ2) is 11.7. The van der Waals surface area contributed by atoms with E-state index in [1.807, 2.05) is 49.4 Å². The first-order chi connectivity index (χ1) is 18.1. The van der Waals surface area contributed by atoms with Gasteiger partial charge in [0, 0.05) is 23.6 Å². The molecule has 2 N–H and O–H groups in total. The number of thiophene rings is 1. The van der Waals surface area contributed by atoms with E-state index in [4.69, 9.17) is 9.84 Å². The number of carboxylic acid groups (broad SMARTS) is 1. The van der Waals surface area contributed by atoms with Gasteiger partial charge in [-0.2, -0.15) is 13.2 Å². The number of ether oxygens (including phenoxy) is 1. The molecule has 1 heterocycles. The lowest BCUT2D eigenvalue weighted by atomic mass is 9.94. The molecule has 1 atom stereocenters. The molecule has 9 heteroatoms. The highest BCUT2D eigenvalue weighted by atomic mass is 32.1. The largest absolute Gasteiger partial charge is 0.481 e. The van der Waals surface area contributed by atoms with Crippen molar-refractivity contribution >= 4 is 39.7 Å². The van der Waals surface area contributed by atoms with Gasteiger partial charge in [0.25, 0.3) is 0 Å². The summed E-state index contributed by atoms with van der Waals surface area (Å²) < 4.78 is 44.2. The van der Waals surface area contributed by atoms with Crippen molar-refractivity contribution in [1.82, 2.24) is 0 Å². The number of fused-ring (bicyclic) bond motifs is 1. The zero-order valence-corrected chi connectivity index (χ0v) is 21.4. The molecule has 4 aromatic rings. The summed E-state index contributed by atoms with van der Waals surface area (Å²) in [5.74, 6) is -1.61. The summed E-state index contributed by atoms with van der Waals surface area (Å²) >= 11 is 0.862. The van der Waals surface area contributed by atoms with Crippen molar-refractivity contribution in [2.75, 3.05) is 5.32 Å². The van der Waals surface area contributed by atoms with E-state index in [2.05, 4.69) is 5.32 Å². The van der Waals surface area contributed by atoms with Gasteiger partial charge >= 0.3 is 12.1 Å². The van der Waals surface area contributed by atoms with Crippen molar-refractivity contribution in [1.29, 1.82) is 0 Å². The number of amides is 1. The van der Waals surface area contributed by atoms with Gasteiger partial charge < -0.3 is 15.2 Å². The van der Waals surface area contributed by atoms with E-state index in [1.54, 1.807) is 18.2 Å². The molecule has 0 aliphatic rings. The molecule has 5 nitrogen and oxygen atoms in total. The SMILES string of the molecule is CC(C(=O)Nc1cc(COc2cc(C(F)(F)F)cs2)ccc1CCCC(=O)O)c1cccc2ccccc12. The highest BCUT2D eigenvalue weighted by Gasteiger charge is 2.32. The number of carbonyl (C=O) groups is 2. The Morgan fingerprint density at radius 1 is 1.05 bits per heavy atom. The maximum absolute atomic E-state index is 13.3. The molecule has 0 bridgehead atoms. The zero-order valence-electron chi connectivity index (χ0n) is 20.5. The van der Waals surface area contributed by atoms with E-state index in [0.717, 1.165) is 44.7 Å². The summed E-state index contributed by atoms with van der Waals surface area (Å²) in [6.07, 6.45) is -3.62. The van der Waals surface area contributed by atoms with E-state index in [0.29, 0.717) is 24.1 Å². The number of anilines is 1. The average Bonchev–Trinajstić information content (AvgIpc) is 3.37. The van der Waals surface area contributed by atoms with Crippen LogP contribution < -0.4 is 10.1 Å². The first-order valence-corrected chi connectivity index (χ1v) is 12.9. The van der Waals surface area contributed by atoms with Crippen LogP contribution in [0.5, 0.6) is 5.06 Å². The number of halogens is 3. The van der Waals surface area contributed by atoms with Gasteiger partial charge in [0.05, 0.1) is 11.5 Å². The Morgan fingerprint density at radius 3 is 2.55 bits per heavy atom. The van der Waals surface area contributed by atoms with E-state index >= 15 is 0 Å². The van der Waals surface area contributed by atoms with Crippen LogP contribution >= 0.6 is 11.3 Å². The van der Waals surface area contributed by atoms with Crippen LogP contribution in [-0.4, -0.2) is 17.0 Å². The van der Waals surface area contributed by atoms with Crippen molar-refractivity contribution in [2.45, 2.75) is 44.9 Å². The lowest BCUT2D eigenvalue weighted by molar-refractivity contribution is -0.138. The number of rotatable bonds is 10. The maximum atomic E-state index is 13.3. The van der Waals surface area contributed by atoms with Crippen LogP contribution in [-0.2, 0) is 28.8 Å². The van der Waals surface area contributed by atoms with Gasteiger partial charge in [-0.3, -0.25) is 9.59 Å². The van der Waals surface area contributed by atoms with E-state index in [-0.39, 0.29) is 24.0 Å². The average molecular weight is 542 g/mol. The fourth-order valence-corrected chi connectivity index (χ4v) is 4.95. The van der Waals surface area contributed by atoms with Gasteiger partial charge in [-0.1, -0.05) is 54.6 Å². The molecular formula is C29H26F3NO4S. The molecule has 1 amide bonds. The molecule has 0 radical (unpaired) electrons. The van der Waals surface area contributed by atoms with Crippen LogP contribution in [0, 0.1) is 0 Å². The molecule has 198 valence electrons. The molecular weight excluding hydrogens is 515 g/mol. The van der Waals surface area contributed by atoms with Gasteiger partial charge in [-0.05, 0) is 53.3 Å². The Bertz CT molecular complexity index is 1440. The van der Waals surface area contributed by atoms with Crippen LogP contribution in [0.3, 0.4) is 0 Å². The van der Waals surface area contributed by atoms with Gasteiger partial charge in [-0.25, -0.2) is 0 Å². The Kier molecular flexibility index (Phi) is 8.36. The standard InChI is InChI=1S/C29H26F3NO4S/c1-18(23-10-4-7-20-6-2-3-9-24(20)23)28(36)33-25-14-19(12-13-21(25)8-5-11-26(34)35)16-37-27-15-22(17-38-27)29(30,31)32/h2-4,6-7,9-10,12-15,17-18H,5,8,11,16H2,1H3,(H,33,36)(H,34,35). The monoisotopic (exact) mass is 541 g/mol. The Balaban J connectivity index is 1.54. The van der Waals surface area contributed by atoms with Crippen molar-refractivity contribution in [3.05, 3.63) is 94.4 Å². The Hall–Kier alpha value is -3.85.